The lowest BCUT2D eigenvalue weighted by Crippen LogP contribution is -2.30. The SMILES string of the molecule is CC(CC(F)Cn1ccc2cc(-c3ncc(F)c(N)n3)c(F)cc2c1=O)Nc1cn[nH]c(=O)c1C(F)(F)F. The van der Waals surface area contributed by atoms with Crippen molar-refractivity contribution < 1.29 is 26.3 Å². The summed E-state index contributed by atoms with van der Waals surface area (Å²) in [5.74, 6) is -2.44. The molecule has 0 spiro atoms. The maximum atomic E-state index is 14.8. The zero-order chi connectivity index (χ0) is 27.8. The normalized spacial score (nSPS) is 13.4. The minimum absolute atomic E-state index is 0.0772. The molecule has 2 unspecified atom stereocenters. The molecule has 0 aliphatic rings. The summed E-state index contributed by atoms with van der Waals surface area (Å²) < 4.78 is 83.6. The Labute approximate surface area is 209 Å². The zero-order valence-corrected chi connectivity index (χ0v) is 19.5. The summed E-state index contributed by atoms with van der Waals surface area (Å²) >= 11 is 0. The molecular formula is C23H19F6N7O2. The molecular weight excluding hydrogens is 520 g/mol. The molecule has 0 radical (unpaired) electrons. The van der Waals surface area contributed by atoms with E-state index in [4.69, 9.17) is 5.73 Å². The lowest BCUT2D eigenvalue weighted by atomic mass is 10.1. The van der Waals surface area contributed by atoms with E-state index in [1.807, 2.05) is 0 Å². The number of H-pyrrole nitrogens is 1. The first-order valence-electron chi connectivity index (χ1n) is 11.0. The van der Waals surface area contributed by atoms with Crippen LogP contribution >= 0.6 is 0 Å². The summed E-state index contributed by atoms with van der Waals surface area (Å²) in [7, 11) is 0. The Hall–Kier alpha value is -4.43. The number of nitrogens with zero attached hydrogens (tertiary/aromatic N) is 4. The van der Waals surface area contributed by atoms with E-state index in [0.717, 1.165) is 23.0 Å². The number of aromatic nitrogens is 5. The largest absolute Gasteiger partial charge is 0.423 e. The Bertz CT molecular complexity index is 1620. The molecule has 4 aromatic rings. The summed E-state index contributed by atoms with van der Waals surface area (Å²) in [5.41, 5.74) is 1.02. The van der Waals surface area contributed by atoms with E-state index in [1.54, 1.807) is 5.10 Å². The maximum Gasteiger partial charge on any atom is 0.423 e. The van der Waals surface area contributed by atoms with Crippen molar-refractivity contribution in [3.63, 3.8) is 0 Å². The smallest absolute Gasteiger partial charge is 0.381 e. The van der Waals surface area contributed by atoms with Gasteiger partial charge in [0, 0.05) is 18.7 Å². The van der Waals surface area contributed by atoms with Gasteiger partial charge in [0.15, 0.2) is 17.5 Å². The summed E-state index contributed by atoms with van der Waals surface area (Å²) in [4.78, 5) is 31.9. The van der Waals surface area contributed by atoms with Crippen molar-refractivity contribution in [1.29, 1.82) is 0 Å². The van der Waals surface area contributed by atoms with Gasteiger partial charge in [-0.15, -0.1) is 0 Å². The highest BCUT2D eigenvalue weighted by atomic mass is 19.4. The highest BCUT2D eigenvalue weighted by Crippen LogP contribution is 2.32. The third kappa shape index (κ3) is 5.45. The Morgan fingerprint density at radius 3 is 2.58 bits per heavy atom. The summed E-state index contributed by atoms with van der Waals surface area (Å²) in [6, 6.07) is 2.74. The molecule has 1 aromatic carbocycles. The summed E-state index contributed by atoms with van der Waals surface area (Å²) in [6.07, 6.45) is -4.15. The van der Waals surface area contributed by atoms with Gasteiger partial charge in [-0.3, -0.25) is 9.59 Å². The van der Waals surface area contributed by atoms with Crippen molar-refractivity contribution in [1.82, 2.24) is 24.7 Å². The van der Waals surface area contributed by atoms with Gasteiger partial charge in [0.05, 0.1) is 35.6 Å². The number of nitrogen functional groups attached to an aromatic ring is 1. The first-order valence-corrected chi connectivity index (χ1v) is 11.0. The molecule has 3 heterocycles. The van der Waals surface area contributed by atoms with Crippen LogP contribution in [0.3, 0.4) is 0 Å². The van der Waals surface area contributed by atoms with E-state index in [2.05, 4.69) is 20.4 Å². The third-order valence-electron chi connectivity index (χ3n) is 5.62. The molecule has 0 amide bonds. The standard InChI is InChI=1S/C23H19F6N7O2/c1-10(33-17-8-32-35-21(37)18(17)23(27,28)29)4-12(24)9-36-3-2-11-5-14(15(25)6-13(11)22(36)38)20-31-7-16(26)19(30)34-20/h2-3,5-8,10,12H,4,9H2,1H3,(H2,30,31,34)(H2,33,35,37). The Morgan fingerprint density at radius 2 is 1.89 bits per heavy atom. The van der Waals surface area contributed by atoms with E-state index in [1.165, 1.54) is 25.3 Å². The van der Waals surface area contributed by atoms with Crippen molar-refractivity contribution in [2.24, 2.45) is 0 Å². The highest BCUT2D eigenvalue weighted by Gasteiger charge is 2.37. The van der Waals surface area contributed by atoms with Gasteiger partial charge in [-0.1, -0.05) is 0 Å². The molecule has 200 valence electrons. The second kappa shape index (κ2) is 10.1. The lowest BCUT2D eigenvalue weighted by molar-refractivity contribution is -0.138. The number of alkyl halides is 4. The average molecular weight is 539 g/mol. The maximum absolute atomic E-state index is 14.8. The number of halogens is 6. The van der Waals surface area contributed by atoms with Crippen LogP contribution in [0.25, 0.3) is 22.2 Å². The van der Waals surface area contributed by atoms with E-state index in [-0.39, 0.29) is 28.6 Å². The molecule has 9 nitrogen and oxygen atoms in total. The van der Waals surface area contributed by atoms with E-state index < -0.39 is 64.8 Å². The van der Waals surface area contributed by atoms with Gasteiger partial charge in [0.25, 0.3) is 11.1 Å². The summed E-state index contributed by atoms with van der Waals surface area (Å²) in [5, 5.41) is 7.68. The second-order valence-electron chi connectivity index (χ2n) is 8.48. The van der Waals surface area contributed by atoms with Crippen LogP contribution in [0, 0.1) is 11.6 Å². The molecule has 0 bridgehead atoms. The van der Waals surface area contributed by atoms with Gasteiger partial charge in [0.1, 0.15) is 17.6 Å². The van der Waals surface area contributed by atoms with Crippen molar-refractivity contribution in [3.05, 3.63) is 74.7 Å². The number of aromatic amines is 1. The van der Waals surface area contributed by atoms with Crippen LogP contribution in [-0.4, -0.2) is 36.9 Å². The predicted molar refractivity (Wildman–Crippen MR) is 126 cm³/mol. The van der Waals surface area contributed by atoms with Crippen LogP contribution in [0.15, 0.2) is 46.4 Å². The van der Waals surface area contributed by atoms with E-state index in [0.29, 0.717) is 0 Å². The van der Waals surface area contributed by atoms with Crippen molar-refractivity contribution in [2.75, 3.05) is 11.1 Å². The third-order valence-corrected chi connectivity index (χ3v) is 5.62. The second-order valence-corrected chi connectivity index (χ2v) is 8.48. The van der Waals surface area contributed by atoms with Gasteiger partial charge >= 0.3 is 6.18 Å². The molecule has 4 rings (SSSR count). The number of nitrogens with two attached hydrogens (primary N) is 1. The highest BCUT2D eigenvalue weighted by molar-refractivity contribution is 5.86. The molecule has 4 N–H and O–H groups in total. The zero-order valence-electron chi connectivity index (χ0n) is 19.5. The monoisotopic (exact) mass is 539 g/mol. The van der Waals surface area contributed by atoms with Crippen LogP contribution < -0.4 is 22.2 Å². The lowest BCUT2D eigenvalue weighted by Gasteiger charge is -2.20. The molecule has 2 atom stereocenters. The van der Waals surface area contributed by atoms with Gasteiger partial charge < -0.3 is 15.6 Å². The topological polar surface area (TPSA) is 132 Å². The van der Waals surface area contributed by atoms with Gasteiger partial charge in [-0.25, -0.2) is 28.2 Å². The molecule has 0 aliphatic heterocycles. The first kappa shape index (κ1) is 26.6. The minimum atomic E-state index is -4.96. The van der Waals surface area contributed by atoms with Gasteiger partial charge in [-0.2, -0.15) is 18.3 Å². The summed E-state index contributed by atoms with van der Waals surface area (Å²) in [6.45, 7) is 0.930. The number of hydrogen-bond acceptors (Lipinski definition) is 7. The quantitative estimate of drug-likeness (QED) is 0.306. The van der Waals surface area contributed by atoms with Crippen LogP contribution in [0.2, 0.25) is 0 Å². The Kier molecular flexibility index (Phi) is 7.11. The van der Waals surface area contributed by atoms with Crippen LogP contribution in [0.1, 0.15) is 18.9 Å². The van der Waals surface area contributed by atoms with Gasteiger partial charge in [-0.05, 0) is 30.5 Å². The van der Waals surface area contributed by atoms with Crippen LogP contribution in [0.5, 0.6) is 0 Å². The fraction of sp³-hybridized carbons (Fsp3) is 0.261. The molecule has 38 heavy (non-hydrogen) atoms. The van der Waals surface area contributed by atoms with Gasteiger partial charge in [0.2, 0.25) is 0 Å². The van der Waals surface area contributed by atoms with E-state index >= 15 is 0 Å². The first-order chi connectivity index (χ1) is 17.8. The number of rotatable bonds is 7. The average Bonchev–Trinajstić information content (AvgIpc) is 2.82. The van der Waals surface area contributed by atoms with Crippen molar-refractivity contribution in [2.45, 2.75) is 38.3 Å². The molecule has 0 aliphatic carbocycles. The van der Waals surface area contributed by atoms with Crippen molar-refractivity contribution in [3.8, 4) is 11.4 Å². The fourth-order valence-electron chi connectivity index (χ4n) is 3.92. The van der Waals surface area contributed by atoms with Crippen molar-refractivity contribution >= 4 is 22.3 Å². The van der Waals surface area contributed by atoms with Crippen LogP contribution in [0.4, 0.5) is 37.8 Å². The number of hydrogen-bond donors (Lipinski definition) is 3. The number of fused-ring (bicyclic) bond motifs is 1. The molecule has 3 aromatic heterocycles. The number of anilines is 2. The number of nitrogens with one attached hydrogen (secondary N) is 2. The van der Waals surface area contributed by atoms with E-state index in [9.17, 15) is 35.9 Å². The Morgan fingerprint density at radius 1 is 1.16 bits per heavy atom. The number of benzene rings is 1. The predicted octanol–water partition coefficient (Wildman–Crippen LogP) is 3.65. The minimum Gasteiger partial charge on any atom is -0.381 e. The Balaban J connectivity index is 1.53. The molecule has 0 saturated carbocycles. The van der Waals surface area contributed by atoms with Crippen LogP contribution in [-0.2, 0) is 12.7 Å². The number of pyridine rings is 1. The fourth-order valence-corrected chi connectivity index (χ4v) is 3.92. The molecule has 0 saturated heterocycles. The molecule has 15 heteroatoms. The molecule has 0 fully saturated rings.